The van der Waals surface area contributed by atoms with Crippen molar-refractivity contribution in [3.63, 3.8) is 0 Å². The molecule has 0 bridgehead atoms. The second-order valence-electron chi connectivity index (χ2n) is 6.00. The number of hydrogen-bond donors (Lipinski definition) is 1. The Kier molecular flexibility index (Phi) is 5.33. The van der Waals surface area contributed by atoms with Crippen LogP contribution in [0.3, 0.4) is 0 Å². The second-order valence-corrected chi connectivity index (χ2v) is 6.00. The molecule has 8 heteroatoms. The molecule has 2 unspecified atom stereocenters. The van der Waals surface area contributed by atoms with Gasteiger partial charge in [0.15, 0.2) is 0 Å². The van der Waals surface area contributed by atoms with Crippen LogP contribution in [0.25, 0.3) is 0 Å². The van der Waals surface area contributed by atoms with E-state index in [-0.39, 0.29) is 11.9 Å². The quantitative estimate of drug-likeness (QED) is 0.921. The molecule has 2 atom stereocenters. The first-order valence-corrected chi connectivity index (χ1v) is 7.68. The third kappa shape index (κ3) is 4.46. The molecule has 1 aliphatic rings. The summed E-state index contributed by atoms with van der Waals surface area (Å²) in [4.78, 5) is 12.4. The van der Waals surface area contributed by atoms with E-state index in [4.69, 9.17) is 4.74 Å². The van der Waals surface area contributed by atoms with E-state index in [1.165, 1.54) is 0 Å². The van der Waals surface area contributed by atoms with E-state index in [9.17, 15) is 18.0 Å². The third-order valence-electron chi connectivity index (χ3n) is 4.10. The van der Waals surface area contributed by atoms with Gasteiger partial charge in [0.05, 0.1) is 24.3 Å². The van der Waals surface area contributed by atoms with Crippen LogP contribution in [0.4, 0.5) is 13.2 Å². The Morgan fingerprint density at radius 3 is 2.74 bits per heavy atom. The number of alkyl halides is 3. The molecule has 0 spiro atoms. The fourth-order valence-electron chi connectivity index (χ4n) is 2.97. The number of nitrogens with zero attached hydrogens (tertiary/aromatic N) is 2. The molecule has 5 nitrogen and oxygen atoms in total. The van der Waals surface area contributed by atoms with Crippen LogP contribution in [0.1, 0.15) is 42.6 Å². The van der Waals surface area contributed by atoms with Crippen molar-refractivity contribution < 1.29 is 22.7 Å². The molecule has 1 fully saturated rings. The second kappa shape index (κ2) is 6.90. The zero-order chi connectivity index (χ0) is 17.2. The molecule has 1 N–H and O–H groups in total. The van der Waals surface area contributed by atoms with Crippen LogP contribution in [0.15, 0.2) is 0 Å². The van der Waals surface area contributed by atoms with Crippen molar-refractivity contribution in [1.82, 2.24) is 15.1 Å². The van der Waals surface area contributed by atoms with Gasteiger partial charge in [-0.1, -0.05) is 0 Å². The number of amides is 1. The summed E-state index contributed by atoms with van der Waals surface area (Å²) in [5.74, 6) is -0.767. The highest BCUT2D eigenvalue weighted by Gasteiger charge is 2.32. The summed E-state index contributed by atoms with van der Waals surface area (Å²) in [5, 5.41) is 6.84. The van der Waals surface area contributed by atoms with Gasteiger partial charge in [0.2, 0.25) is 5.91 Å². The van der Waals surface area contributed by atoms with Crippen LogP contribution < -0.4 is 5.32 Å². The van der Waals surface area contributed by atoms with Crippen LogP contribution in [-0.4, -0.2) is 41.1 Å². The summed E-state index contributed by atoms with van der Waals surface area (Å²) in [6.45, 7) is 4.91. The molecule has 0 aromatic carbocycles. The monoisotopic (exact) mass is 333 g/mol. The summed E-state index contributed by atoms with van der Waals surface area (Å²) < 4.78 is 44.0. The Labute approximate surface area is 133 Å². The van der Waals surface area contributed by atoms with Gasteiger partial charge in [0, 0.05) is 17.9 Å². The minimum absolute atomic E-state index is 0.0375. The first-order valence-electron chi connectivity index (χ1n) is 7.68. The highest BCUT2D eigenvalue weighted by molar-refractivity contribution is 5.84. The van der Waals surface area contributed by atoms with Gasteiger partial charge < -0.3 is 10.1 Å². The average molecular weight is 333 g/mol. The number of aromatic nitrogens is 2. The predicted molar refractivity (Wildman–Crippen MR) is 78.2 cm³/mol. The lowest BCUT2D eigenvalue weighted by atomic mass is 9.97. The fourth-order valence-corrected chi connectivity index (χ4v) is 2.97. The van der Waals surface area contributed by atoms with Gasteiger partial charge in [0.1, 0.15) is 6.54 Å². The minimum atomic E-state index is -4.34. The lowest BCUT2D eigenvalue weighted by Crippen LogP contribution is -2.42. The Morgan fingerprint density at radius 2 is 2.17 bits per heavy atom. The van der Waals surface area contributed by atoms with Crippen molar-refractivity contribution in [1.29, 1.82) is 0 Å². The maximum absolute atomic E-state index is 12.6. The molecule has 1 amide bonds. The van der Waals surface area contributed by atoms with Crippen molar-refractivity contribution in [3.8, 4) is 0 Å². The molecule has 1 saturated heterocycles. The number of carbonyl (C=O) groups excluding carboxylic acids is 1. The van der Waals surface area contributed by atoms with E-state index in [2.05, 4.69) is 10.4 Å². The van der Waals surface area contributed by atoms with Gasteiger partial charge in [-0.15, -0.1) is 0 Å². The maximum Gasteiger partial charge on any atom is 0.408 e. The molecule has 2 heterocycles. The largest absolute Gasteiger partial charge is 0.408 e. The smallest absolute Gasteiger partial charge is 0.379 e. The van der Waals surface area contributed by atoms with Gasteiger partial charge in [-0.25, -0.2) is 0 Å². The Balaban J connectivity index is 2.11. The first-order chi connectivity index (χ1) is 10.7. The lowest BCUT2D eigenvalue weighted by Gasteiger charge is -2.24. The van der Waals surface area contributed by atoms with Crippen LogP contribution >= 0.6 is 0 Å². The standard InChI is InChI=1S/C15H22F3N3O2/c1-9(14(22)19-12-5-4-6-23-7-12)13-10(2)20-21(11(13)3)8-15(16,17)18/h9,12H,4-8H2,1-3H3,(H,19,22). The zero-order valence-electron chi connectivity index (χ0n) is 13.5. The Hall–Kier alpha value is -1.57. The third-order valence-corrected chi connectivity index (χ3v) is 4.10. The van der Waals surface area contributed by atoms with Crippen LogP contribution in [0.2, 0.25) is 0 Å². The lowest BCUT2D eigenvalue weighted by molar-refractivity contribution is -0.143. The van der Waals surface area contributed by atoms with Crippen LogP contribution in [0, 0.1) is 13.8 Å². The van der Waals surface area contributed by atoms with Crippen molar-refractivity contribution in [2.75, 3.05) is 13.2 Å². The van der Waals surface area contributed by atoms with Crippen molar-refractivity contribution >= 4 is 5.91 Å². The highest BCUT2D eigenvalue weighted by Crippen LogP contribution is 2.26. The fraction of sp³-hybridized carbons (Fsp3) is 0.733. The molecule has 1 aromatic heterocycles. The van der Waals surface area contributed by atoms with Gasteiger partial charge in [-0.05, 0) is 33.6 Å². The molecule has 0 saturated carbocycles. The topological polar surface area (TPSA) is 56.2 Å². The number of rotatable bonds is 4. The van der Waals surface area contributed by atoms with Gasteiger partial charge >= 0.3 is 6.18 Å². The van der Waals surface area contributed by atoms with E-state index in [1.54, 1.807) is 20.8 Å². The van der Waals surface area contributed by atoms with Crippen LogP contribution in [-0.2, 0) is 16.1 Å². The molecule has 23 heavy (non-hydrogen) atoms. The number of halogens is 3. The van der Waals surface area contributed by atoms with Crippen molar-refractivity contribution in [3.05, 3.63) is 17.0 Å². The van der Waals surface area contributed by atoms with E-state index < -0.39 is 18.6 Å². The van der Waals surface area contributed by atoms with Crippen molar-refractivity contribution in [2.45, 2.75) is 58.3 Å². The molecule has 1 aromatic rings. The average Bonchev–Trinajstić information content (AvgIpc) is 2.71. The van der Waals surface area contributed by atoms with E-state index >= 15 is 0 Å². The maximum atomic E-state index is 12.6. The minimum Gasteiger partial charge on any atom is -0.379 e. The van der Waals surface area contributed by atoms with Gasteiger partial charge in [-0.2, -0.15) is 18.3 Å². The summed E-state index contributed by atoms with van der Waals surface area (Å²) >= 11 is 0. The number of ether oxygens (including phenoxy) is 1. The molecule has 0 aliphatic carbocycles. The summed E-state index contributed by atoms with van der Waals surface area (Å²) in [7, 11) is 0. The summed E-state index contributed by atoms with van der Waals surface area (Å²) in [6, 6.07) is -0.0375. The van der Waals surface area contributed by atoms with E-state index in [0.717, 1.165) is 17.5 Å². The van der Waals surface area contributed by atoms with E-state index in [0.29, 0.717) is 30.2 Å². The summed E-state index contributed by atoms with van der Waals surface area (Å²) in [6.07, 6.45) is -2.60. The molecule has 2 rings (SSSR count). The van der Waals surface area contributed by atoms with Crippen LogP contribution in [0.5, 0.6) is 0 Å². The number of hydrogen-bond acceptors (Lipinski definition) is 3. The normalized spacial score (nSPS) is 20.3. The molecular weight excluding hydrogens is 311 g/mol. The van der Waals surface area contributed by atoms with Gasteiger partial charge in [0.25, 0.3) is 0 Å². The summed E-state index contributed by atoms with van der Waals surface area (Å²) in [5.41, 5.74) is 1.39. The van der Waals surface area contributed by atoms with Crippen molar-refractivity contribution in [2.24, 2.45) is 0 Å². The Bertz CT molecular complexity index is 563. The van der Waals surface area contributed by atoms with E-state index in [1.807, 2.05) is 0 Å². The number of carbonyl (C=O) groups is 1. The zero-order valence-corrected chi connectivity index (χ0v) is 13.5. The number of aryl methyl sites for hydroxylation is 1. The number of nitrogens with one attached hydrogen (secondary N) is 1. The molecular formula is C15H22F3N3O2. The SMILES string of the molecule is Cc1nn(CC(F)(F)F)c(C)c1C(C)C(=O)NC1CCCOC1. The molecule has 130 valence electrons. The predicted octanol–water partition coefficient (Wildman–Crippen LogP) is 2.46. The molecule has 0 radical (unpaired) electrons. The highest BCUT2D eigenvalue weighted by atomic mass is 19.4. The molecule has 1 aliphatic heterocycles. The Morgan fingerprint density at radius 1 is 1.48 bits per heavy atom. The van der Waals surface area contributed by atoms with Gasteiger partial charge in [-0.3, -0.25) is 9.48 Å². The first kappa shape index (κ1) is 17.8.